The van der Waals surface area contributed by atoms with Crippen LogP contribution in [0.25, 0.3) is 0 Å². The zero-order valence-corrected chi connectivity index (χ0v) is 9.02. The quantitative estimate of drug-likeness (QED) is 0.679. The van der Waals surface area contributed by atoms with E-state index in [1.165, 1.54) is 32.1 Å². The lowest BCUT2D eigenvalue weighted by Crippen LogP contribution is -2.54. The number of rotatable bonds is 5. The summed E-state index contributed by atoms with van der Waals surface area (Å²) >= 11 is 0. The van der Waals surface area contributed by atoms with Crippen LogP contribution in [0.5, 0.6) is 0 Å². The van der Waals surface area contributed by atoms with Crippen molar-refractivity contribution in [1.82, 2.24) is 4.90 Å². The van der Waals surface area contributed by atoms with Crippen LogP contribution < -0.4 is 5.73 Å². The lowest BCUT2D eigenvalue weighted by molar-refractivity contribution is 0.0530. The molecule has 2 saturated carbocycles. The molecule has 2 fully saturated rings. The van der Waals surface area contributed by atoms with Crippen LogP contribution in [0.4, 0.5) is 0 Å². The van der Waals surface area contributed by atoms with Crippen LogP contribution in [0.2, 0.25) is 0 Å². The molecule has 3 heteroatoms. The fourth-order valence-corrected chi connectivity index (χ4v) is 2.38. The number of aliphatic hydroxyl groups is 1. The fraction of sp³-hybridized carbons (Fsp3) is 1.00. The van der Waals surface area contributed by atoms with E-state index in [2.05, 4.69) is 11.9 Å². The Morgan fingerprint density at radius 3 is 2.36 bits per heavy atom. The molecule has 0 aromatic rings. The van der Waals surface area contributed by atoms with Crippen molar-refractivity contribution in [1.29, 1.82) is 0 Å². The Bertz CT molecular complexity index is 190. The minimum absolute atomic E-state index is 0.186. The van der Waals surface area contributed by atoms with Gasteiger partial charge in [-0.05, 0) is 38.6 Å². The van der Waals surface area contributed by atoms with Gasteiger partial charge in [0.15, 0.2) is 0 Å². The van der Waals surface area contributed by atoms with Crippen molar-refractivity contribution in [3.63, 3.8) is 0 Å². The minimum atomic E-state index is 0.186. The monoisotopic (exact) mass is 198 g/mol. The van der Waals surface area contributed by atoms with E-state index in [-0.39, 0.29) is 18.7 Å². The molecule has 3 nitrogen and oxygen atoms in total. The van der Waals surface area contributed by atoms with Gasteiger partial charge < -0.3 is 10.8 Å². The Labute approximate surface area is 86.3 Å². The predicted octanol–water partition coefficient (Wildman–Crippen LogP) is 0.569. The van der Waals surface area contributed by atoms with E-state index in [0.29, 0.717) is 12.0 Å². The molecule has 2 atom stereocenters. The van der Waals surface area contributed by atoms with E-state index in [4.69, 9.17) is 5.73 Å². The summed E-state index contributed by atoms with van der Waals surface area (Å²) in [5.74, 6) is 0.676. The van der Waals surface area contributed by atoms with Crippen LogP contribution in [-0.4, -0.2) is 41.8 Å². The molecule has 2 rings (SSSR count). The average Bonchev–Trinajstić information content (AvgIpc) is 2.83. The van der Waals surface area contributed by atoms with Crippen LogP contribution in [0.3, 0.4) is 0 Å². The molecule has 0 bridgehead atoms. The van der Waals surface area contributed by atoms with Gasteiger partial charge in [-0.3, -0.25) is 4.90 Å². The van der Waals surface area contributed by atoms with Crippen LogP contribution in [0.15, 0.2) is 0 Å². The third-order valence-corrected chi connectivity index (χ3v) is 3.97. The van der Waals surface area contributed by atoms with Crippen molar-refractivity contribution in [3.8, 4) is 0 Å². The molecule has 82 valence electrons. The van der Waals surface area contributed by atoms with E-state index in [1.807, 2.05) is 0 Å². The van der Waals surface area contributed by atoms with Gasteiger partial charge in [0.05, 0.1) is 6.61 Å². The molecular weight excluding hydrogens is 176 g/mol. The molecule has 0 aromatic carbocycles. The van der Waals surface area contributed by atoms with Gasteiger partial charge in [-0.2, -0.15) is 0 Å². The number of aliphatic hydroxyl groups excluding tert-OH is 1. The zero-order valence-electron chi connectivity index (χ0n) is 9.02. The Balaban J connectivity index is 1.89. The molecule has 0 spiro atoms. The van der Waals surface area contributed by atoms with Crippen molar-refractivity contribution in [2.75, 3.05) is 13.7 Å². The normalized spacial score (nSPS) is 27.4. The summed E-state index contributed by atoms with van der Waals surface area (Å²) < 4.78 is 0. The van der Waals surface area contributed by atoms with E-state index >= 15 is 0 Å². The van der Waals surface area contributed by atoms with Gasteiger partial charge in [0.25, 0.3) is 0 Å². The van der Waals surface area contributed by atoms with Gasteiger partial charge in [-0.15, -0.1) is 0 Å². The van der Waals surface area contributed by atoms with E-state index in [0.717, 1.165) is 0 Å². The Hall–Kier alpha value is -0.120. The van der Waals surface area contributed by atoms with Crippen molar-refractivity contribution < 1.29 is 5.11 Å². The molecule has 2 aliphatic carbocycles. The highest BCUT2D eigenvalue weighted by molar-refractivity contribution is 4.95. The summed E-state index contributed by atoms with van der Waals surface area (Å²) in [6.45, 7) is 0.213. The highest BCUT2D eigenvalue weighted by Gasteiger charge is 2.38. The second-order valence-corrected chi connectivity index (χ2v) is 4.91. The molecule has 0 heterocycles. The number of hydrogen-bond acceptors (Lipinski definition) is 3. The molecule has 0 amide bonds. The van der Waals surface area contributed by atoms with Gasteiger partial charge in [0.1, 0.15) is 0 Å². The van der Waals surface area contributed by atoms with Crippen molar-refractivity contribution in [2.45, 2.75) is 50.2 Å². The first-order valence-corrected chi connectivity index (χ1v) is 5.82. The molecule has 0 saturated heterocycles. The molecule has 3 N–H and O–H groups in total. The first-order chi connectivity index (χ1) is 6.74. The van der Waals surface area contributed by atoms with Crippen molar-refractivity contribution in [3.05, 3.63) is 0 Å². The summed E-state index contributed by atoms with van der Waals surface area (Å²) in [6.07, 6.45) is 6.42. The van der Waals surface area contributed by atoms with Gasteiger partial charge in [-0.1, -0.05) is 6.42 Å². The second-order valence-electron chi connectivity index (χ2n) is 4.91. The SMILES string of the molecule is CN(C1CCC1)C(CO)C(N)C1CC1. The third-order valence-electron chi connectivity index (χ3n) is 3.97. The summed E-state index contributed by atoms with van der Waals surface area (Å²) in [4.78, 5) is 2.31. The van der Waals surface area contributed by atoms with Gasteiger partial charge in [0.2, 0.25) is 0 Å². The maximum absolute atomic E-state index is 9.39. The fourth-order valence-electron chi connectivity index (χ4n) is 2.38. The zero-order chi connectivity index (χ0) is 10.1. The topological polar surface area (TPSA) is 49.5 Å². The van der Waals surface area contributed by atoms with Gasteiger partial charge in [-0.25, -0.2) is 0 Å². The highest BCUT2D eigenvalue weighted by atomic mass is 16.3. The van der Waals surface area contributed by atoms with Crippen LogP contribution >= 0.6 is 0 Å². The second kappa shape index (κ2) is 4.17. The predicted molar refractivity (Wildman–Crippen MR) is 57.0 cm³/mol. The van der Waals surface area contributed by atoms with E-state index in [1.54, 1.807) is 0 Å². The number of nitrogens with two attached hydrogens (primary N) is 1. The Morgan fingerprint density at radius 1 is 1.36 bits per heavy atom. The lowest BCUT2D eigenvalue weighted by atomic mass is 9.89. The molecule has 2 unspecified atom stereocenters. The Morgan fingerprint density at radius 2 is 2.00 bits per heavy atom. The van der Waals surface area contributed by atoms with Crippen LogP contribution in [0.1, 0.15) is 32.1 Å². The van der Waals surface area contributed by atoms with Crippen LogP contribution in [0, 0.1) is 5.92 Å². The van der Waals surface area contributed by atoms with Gasteiger partial charge in [0, 0.05) is 18.1 Å². The van der Waals surface area contributed by atoms with E-state index < -0.39 is 0 Å². The third kappa shape index (κ3) is 1.95. The highest BCUT2D eigenvalue weighted by Crippen LogP contribution is 2.35. The lowest BCUT2D eigenvalue weighted by Gasteiger charge is -2.41. The van der Waals surface area contributed by atoms with Crippen molar-refractivity contribution in [2.24, 2.45) is 11.7 Å². The minimum Gasteiger partial charge on any atom is -0.395 e. The van der Waals surface area contributed by atoms with Crippen LogP contribution in [-0.2, 0) is 0 Å². The smallest absolute Gasteiger partial charge is 0.0602 e. The molecule has 0 radical (unpaired) electrons. The maximum Gasteiger partial charge on any atom is 0.0602 e. The largest absolute Gasteiger partial charge is 0.395 e. The number of likely N-dealkylation sites (N-methyl/N-ethyl adjacent to an activating group) is 1. The molecule has 2 aliphatic rings. The molecular formula is C11H22N2O. The average molecular weight is 198 g/mol. The summed E-state index contributed by atoms with van der Waals surface area (Å²) in [6, 6.07) is 1.05. The van der Waals surface area contributed by atoms with Gasteiger partial charge >= 0.3 is 0 Å². The van der Waals surface area contributed by atoms with E-state index in [9.17, 15) is 5.11 Å². The Kier molecular flexibility index (Phi) is 3.10. The number of nitrogens with zero attached hydrogens (tertiary/aromatic N) is 1. The summed E-state index contributed by atoms with van der Waals surface area (Å²) in [5.41, 5.74) is 6.15. The first-order valence-electron chi connectivity index (χ1n) is 5.82. The summed E-state index contributed by atoms with van der Waals surface area (Å²) in [7, 11) is 2.12. The van der Waals surface area contributed by atoms with Crippen molar-refractivity contribution >= 4 is 0 Å². The standard InChI is InChI=1S/C11H22N2O/c1-13(9-3-2-4-9)10(7-14)11(12)8-5-6-8/h8-11,14H,2-7,12H2,1H3. The summed E-state index contributed by atoms with van der Waals surface area (Å²) in [5, 5.41) is 9.39. The first kappa shape index (κ1) is 10.4. The number of hydrogen-bond donors (Lipinski definition) is 2. The molecule has 0 aliphatic heterocycles. The molecule has 14 heavy (non-hydrogen) atoms. The maximum atomic E-state index is 9.39. The molecule has 0 aromatic heterocycles.